The van der Waals surface area contributed by atoms with Gasteiger partial charge in [0, 0.05) is 0 Å². The average Bonchev–Trinajstić information content (AvgIpc) is 2.28. The molecule has 0 aromatic heterocycles. The molecule has 0 rings (SSSR count). The van der Waals surface area contributed by atoms with E-state index < -0.39 is 0 Å². The Morgan fingerprint density at radius 1 is 1.12 bits per heavy atom. The summed E-state index contributed by atoms with van der Waals surface area (Å²) in [5, 5.41) is 0. The molecule has 98 valence electrons. The van der Waals surface area contributed by atoms with E-state index >= 15 is 0 Å². The van der Waals surface area contributed by atoms with Gasteiger partial charge >= 0.3 is 5.97 Å². The highest BCUT2D eigenvalue weighted by Crippen LogP contribution is 2.30. The second kappa shape index (κ2) is 9.68. The van der Waals surface area contributed by atoms with Crippen LogP contribution in [0.3, 0.4) is 0 Å². The van der Waals surface area contributed by atoms with Crippen molar-refractivity contribution in [1.29, 1.82) is 0 Å². The van der Waals surface area contributed by atoms with Gasteiger partial charge in [-0.15, -0.1) is 0 Å². The molecule has 2 heteroatoms. The van der Waals surface area contributed by atoms with E-state index in [0.29, 0.717) is 6.61 Å². The number of hydrogen-bond acceptors (Lipinski definition) is 2. The molecule has 0 saturated heterocycles. The molecule has 0 aliphatic rings. The Bertz CT molecular complexity index is 172. The summed E-state index contributed by atoms with van der Waals surface area (Å²) in [5.41, 5.74) is 0.0479. The van der Waals surface area contributed by atoms with Crippen LogP contribution in [-0.4, -0.2) is 12.6 Å². The number of unbranched alkanes of at least 4 members (excludes halogenated alkanes) is 1. The third-order valence-corrected chi connectivity index (χ3v) is 3.22. The van der Waals surface area contributed by atoms with Crippen LogP contribution in [0.1, 0.15) is 67.7 Å². The number of ether oxygens (including phenoxy) is 1. The fourth-order valence-electron chi connectivity index (χ4n) is 0.892. The van der Waals surface area contributed by atoms with Crippen molar-refractivity contribution in [3.8, 4) is 0 Å². The van der Waals surface area contributed by atoms with Gasteiger partial charge in [0.2, 0.25) is 0 Å². The van der Waals surface area contributed by atoms with Gasteiger partial charge in [-0.05, 0) is 12.3 Å². The predicted molar refractivity (Wildman–Crippen MR) is 70.5 cm³/mol. The third-order valence-electron chi connectivity index (χ3n) is 3.22. The fourth-order valence-corrected chi connectivity index (χ4v) is 0.892. The quantitative estimate of drug-likeness (QED) is 0.653. The number of rotatable bonds is 5. The van der Waals surface area contributed by atoms with Crippen LogP contribution in [0.15, 0.2) is 0 Å². The molecule has 0 aliphatic carbocycles. The Morgan fingerprint density at radius 2 is 1.56 bits per heavy atom. The summed E-state index contributed by atoms with van der Waals surface area (Å²) in [7, 11) is 0. The van der Waals surface area contributed by atoms with Gasteiger partial charge in [-0.25, -0.2) is 0 Å². The van der Waals surface area contributed by atoms with Gasteiger partial charge in [0.05, 0.1) is 12.5 Å². The fraction of sp³-hybridized carbons (Fsp3) is 0.929. The second-order valence-corrected chi connectivity index (χ2v) is 4.82. The van der Waals surface area contributed by atoms with Crippen molar-refractivity contribution in [3.63, 3.8) is 0 Å². The van der Waals surface area contributed by atoms with Gasteiger partial charge in [0.25, 0.3) is 0 Å². The molecule has 16 heavy (non-hydrogen) atoms. The van der Waals surface area contributed by atoms with E-state index in [1.165, 1.54) is 12.8 Å². The first-order valence-corrected chi connectivity index (χ1v) is 6.53. The molecule has 0 heterocycles. The SMILES string of the molecule is CCCC.CCOC(=O)C(C)C(C)(C)CC. The van der Waals surface area contributed by atoms with E-state index in [-0.39, 0.29) is 17.3 Å². The molecule has 0 aromatic carbocycles. The molecular formula is C14H30O2. The summed E-state index contributed by atoms with van der Waals surface area (Å²) in [5.74, 6) is -0.0909. The molecule has 0 saturated carbocycles. The third kappa shape index (κ3) is 7.72. The van der Waals surface area contributed by atoms with Gasteiger partial charge in [0.1, 0.15) is 0 Å². The highest BCUT2D eigenvalue weighted by molar-refractivity contribution is 5.72. The lowest BCUT2D eigenvalue weighted by Crippen LogP contribution is -2.29. The molecule has 0 spiro atoms. The zero-order valence-corrected chi connectivity index (χ0v) is 12.2. The number of carbonyl (C=O) groups excluding carboxylic acids is 1. The minimum atomic E-state index is -0.0793. The summed E-state index contributed by atoms with van der Waals surface area (Å²) in [6, 6.07) is 0. The number of carbonyl (C=O) groups is 1. The largest absolute Gasteiger partial charge is 0.466 e. The normalized spacial score (nSPS) is 12.4. The first-order valence-electron chi connectivity index (χ1n) is 6.53. The van der Waals surface area contributed by atoms with Crippen LogP contribution < -0.4 is 0 Å². The van der Waals surface area contributed by atoms with E-state index in [1.54, 1.807) is 0 Å². The van der Waals surface area contributed by atoms with Crippen LogP contribution in [0.2, 0.25) is 0 Å². The lowest BCUT2D eigenvalue weighted by Gasteiger charge is -2.28. The number of esters is 1. The van der Waals surface area contributed by atoms with Crippen molar-refractivity contribution in [1.82, 2.24) is 0 Å². The smallest absolute Gasteiger partial charge is 0.309 e. The lowest BCUT2D eigenvalue weighted by molar-refractivity contribution is -0.151. The molecule has 0 fully saturated rings. The van der Waals surface area contributed by atoms with Crippen molar-refractivity contribution in [3.05, 3.63) is 0 Å². The van der Waals surface area contributed by atoms with Crippen LogP contribution in [0.5, 0.6) is 0 Å². The molecule has 1 unspecified atom stereocenters. The molecule has 0 amide bonds. The van der Waals surface area contributed by atoms with Gasteiger partial charge in [-0.2, -0.15) is 0 Å². The van der Waals surface area contributed by atoms with Crippen LogP contribution in [0, 0.1) is 11.3 Å². The highest BCUT2D eigenvalue weighted by atomic mass is 16.5. The van der Waals surface area contributed by atoms with E-state index in [4.69, 9.17) is 4.74 Å². The van der Waals surface area contributed by atoms with Gasteiger partial charge in [0.15, 0.2) is 0 Å². The minimum Gasteiger partial charge on any atom is -0.466 e. The van der Waals surface area contributed by atoms with Crippen LogP contribution in [0.25, 0.3) is 0 Å². The van der Waals surface area contributed by atoms with Crippen LogP contribution >= 0.6 is 0 Å². The molecule has 0 aliphatic heterocycles. The zero-order chi connectivity index (χ0) is 13.2. The summed E-state index contributed by atoms with van der Waals surface area (Å²) in [6.07, 6.45) is 3.63. The van der Waals surface area contributed by atoms with Crippen molar-refractivity contribution in [2.75, 3.05) is 6.61 Å². The van der Waals surface area contributed by atoms with Crippen molar-refractivity contribution < 1.29 is 9.53 Å². The van der Waals surface area contributed by atoms with Gasteiger partial charge in [-0.3, -0.25) is 4.79 Å². The Hall–Kier alpha value is -0.530. The van der Waals surface area contributed by atoms with E-state index in [2.05, 4.69) is 34.6 Å². The van der Waals surface area contributed by atoms with Gasteiger partial charge in [-0.1, -0.05) is 60.8 Å². The maximum Gasteiger partial charge on any atom is 0.309 e. The highest BCUT2D eigenvalue weighted by Gasteiger charge is 2.30. The van der Waals surface area contributed by atoms with E-state index in [9.17, 15) is 4.79 Å². The molecule has 2 nitrogen and oxygen atoms in total. The molecule has 0 N–H and O–H groups in total. The lowest BCUT2D eigenvalue weighted by atomic mass is 9.78. The van der Waals surface area contributed by atoms with Gasteiger partial charge < -0.3 is 4.74 Å². The Balaban J connectivity index is 0. The minimum absolute atomic E-state index is 0.0116. The standard InChI is InChI=1S/C10H20O2.C4H10/c1-6-10(4,5)8(3)9(11)12-7-2;1-3-4-2/h8H,6-7H2,1-5H3;3-4H2,1-2H3. The Morgan fingerprint density at radius 3 is 1.81 bits per heavy atom. The van der Waals surface area contributed by atoms with Crippen LogP contribution in [0.4, 0.5) is 0 Å². The molecular weight excluding hydrogens is 200 g/mol. The Labute approximate surface area is 102 Å². The maximum atomic E-state index is 11.3. The monoisotopic (exact) mass is 230 g/mol. The first kappa shape index (κ1) is 17.9. The average molecular weight is 230 g/mol. The topological polar surface area (TPSA) is 26.3 Å². The van der Waals surface area contributed by atoms with Crippen molar-refractivity contribution in [2.45, 2.75) is 67.7 Å². The number of hydrogen-bond donors (Lipinski definition) is 0. The summed E-state index contributed by atoms with van der Waals surface area (Å²) < 4.78 is 4.95. The summed E-state index contributed by atoms with van der Waals surface area (Å²) in [4.78, 5) is 11.3. The summed E-state index contributed by atoms with van der Waals surface area (Å²) in [6.45, 7) is 14.9. The molecule has 0 radical (unpaired) electrons. The van der Waals surface area contributed by atoms with Crippen molar-refractivity contribution in [2.24, 2.45) is 11.3 Å². The van der Waals surface area contributed by atoms with Crippen LogP contribution in [-0.2, 0) is 9.53 Å². The predicted octanol–water partition coefficient (Wildman–Crippen LogP) is 4.43. The zero-order valence-electron chi connectivity index (χ0n) is 12.2. The molecule has 0 bridgehead atoms. The van der Waals surface area contributed by atoms with E-state index in [0.717, 1.165) is 6.42 Å². The second-order valence-electron chi connectivity index (χ2n) is 4.82. The molecule has 1 atom stereocenters. The molecule has 0 aromatic rings. The Kier molecular flexibility index (Phi) is 10.8. The maximum absolute atomic E-state index is 11.3. The first-order chi connectivity index (χ1) is 7.37. The van der Waals surface area contributed by atoms with E-state index in [1.807, 2.05) is 13.8 Å². The summed E-state index contributed by atoms with van der Waals surface area (Å²) >= 11 is 0. The van der Waals surface area contributed by atoms with Crippen molar-refractivity contribution >= 4 is 5.97 Å².